The van der Waals surface area contributed by atoms with E-state index in [1.54, 1.807) is 0 Å². The Labute approximate surface area is 144 Å². The van der Waals surface area contributed by atoms with Crippen LogP contribution in [-0.4, -0.2) is 11.0 Å². The van der Waals surface area contributed by atoms with Crippen molar-refractivity contribution in [1.82, 2.24) is 4.98 Å². The van der Waals surface area contributed by atoms with E-state index in [2.05, 4.69) is 4.98 Å². The summed E-state index contributed by atoms with van der Waals surface area (Å²) in [6.45, 7) is 4.03. The van der Waals surface area contributed by atoms with Gasteiger partial charge in [0.05, 0.1) is 11.1 Å². The van der Waals surface area contributed by atoms with Crippen molar-refractivity contribution in [3.63, 3.8) is 0 Å². The van der Waals surface area contributed by atoms with E-state index in [-0.39, 0.29) is 6.61 Å². The lowest BCUT2D eigenvalue weighted by Gasteiger charge is -2.10. The van der Waals surface area contributed by atoms with E-state index < -0.39 is 5.97 Å². The third-order valence-electron chi connectivity index (χ3n) is 3.93. The van der Waals surface area contributed by atoms with Crippen LogP contribution in [0.25, 0.3) is 10.9 Å². The number of halogens is 1. The Morgan fingerprint density at radius 3 is 2.67 bits per heavy atom. The number of carbonyl (C=O) groups excluding carboxylic acids is 1. The van der Waals surface area contributed by atoms with Gasteiger partial charge in [0.25, 0.3) is 0 Å². The maximum atomic E-state index is 12.0. The van der Waals surface area contributed by atoms with E-state index in [9.17, 15) is 10.0 Å². The van der Waals surface area contributed by atoms with Gasteiger partial charge in [0.2, 0.25) is 0 Å². The van der Waals surface area contributed by atoms with Crippen LogP contribution in [0.1, 0.15) is 27.0 Å². The molecule has 3 rings (SSSR count). The number of hydrogen-bond donors (Lipinski definition) is 0. The number of benzene rings is 1. The van der Waals surface area contributed by atoms with Gasteiger partial charge in [0.1, 0.15) is 11.8 Å². The normalized spacial score (nSPS) is 10.8. The number of carbonyl (C=O) groups is 1. The molecule has 24 heavy (non-hydrogen) atoms. The van der Waals surface area contributed by atoms with Crippen LogP contribution in [0.2, 0.25) is 5.15 Å². The first-order chi connectivity index (χ1) is 11.5. The van der Waals surface area contributed by atoms with Crippen molar-refractivity contribution in [3.8, 4) is 0 Å². The van der Waals surface area contributed by atoms with Crippen molar-refractivity contribution in [3.05, 3.63) is 75.3 Å². The van der Waals surface area contributed by atoms with Crippen molar-refractivity contribution in [1.29, 1.82) is 0 Å². The molecule has 0 atom stereocenters. The lowest BCUT2D eigenvalue weighted by Crippen LogP contribution is -2.24. The first kappa shape index (κ1) is 16.2. The smallest absolute Gasteiger partial charge is 0.338 e. The predicted octanol–water partition coefficient (Wildman–Crippen LogP) is 3.50. The van der Waals surface area contributed by atoms with E-state index >= 15 is 0 Å². The number of ether oxygens (including phenoxy) is 1. The Morgan fingerprint density at radius 2 is 1.96 bits per heavy atom. The summed E-state index contributed by atoms with van der Waals surface area (Å²) in [6, 6.07) is 8.67. The number of aromatic nitrogens is 2. The molecule has 122 valence electrons. The van der Waals surface area contributed by atoms with E-state index in [0.717, 1.165) is 22.0 Å². The minimum Gasteiger partial charge on any atom is -0.619 e. The Hall–Kier alpha value is -2.66. The van der Waals surface area contributed by atoms with Crippen molar-refractivity contribution in [2.45, 2.75) is 20.5 Å². The molecular formula is C18H15ClN2O3. The summed E-state index contributed by atoms with van der Waals surface area (Å²) in [5.41, 5.74) is 4.00. The molecule has 2 heterocycles. The molecule has 0 fully saturated rings. The van der Waals surface area contributed by atoms with Crippen LogP contribution in [0.5, 0.6) is 0 Å². The molecule has 1 aromatic carbocycles. The number of rotatable bonds is 3. The van der Waals surface area contributed by atoms with Crippen LogP contribution >= 0.6 is 11.6 Å². The van der Waals surface area contributed by atoms with Gasteiger partial charge in [-0.05, 0) is 31.0 Å². The second kappa shape index (κ2) is 6.45. The summed E-state index contributed by atoms with van der Waals surface area (Å²) in [5, 5.41) is 12.2. The molecule has 0 amide bonds. The second-order valence-electron chi connectivity index (χ2n) is 5.54. The van der Waals surface area contributed by atoms with E-state index in [0.29, 0.717) is 21.0 Å². The molecule has 0 N–H and O–H groups in total. The molecule has 0 spiro atoms. The first-order valence-electron chi connectivity index (χ1n) is 7.37. The molecular weight excluding hydrogens is 328 g/mol. The van der Waals surface area contributed by atoms with Crippen molar-refractivity contribution in [2.75, 3.05) is 0 Å². The molecule has 0 saturated heterocycles. The number of aryl methyl sites for hydroxylation is 2. The van der Waals surface area contributed by atoms with Gasteiger partial charge in [-0.3, -0.25) is 0 Å². The van der Waals surface area contributed by atoms with Gasteiger partial charge >= 0.3 is 5.97 Å². The molecule has 2 aromatic heterocycles. The molecule has 0 bridgehead atoms. The SMILES string of the molecule is Cc1ccc2cc(COC(=O)c3cc[n+]([O-])cc3)c(Cl)nc2c1C. The topological polar surface area (TPSA) is 66.1 Å². The van der Waals surface area contributed by atoms with E-state index in [1.807, 2.05) is 32.0 Å². The third kappa shape index (κ3) is 3.16. The fraction of sp³-hybridized carbons (Fsp3) is 0.167. The highest BCUT2D eigenvalue weighted by atomic mass is 35.5. The van der Waals surface area contributed by atoms with Gasteiger partial charge in [-0.2, -0.15) is 4.73 Å². The summed E-state index contributed by atoms with van der Waals surface area (Å²) in [6.07, 6.45) is 2.48. The third-order valence-corrected chi connectivity index (χ3v) is 4.26. The zero-order valence-electron chi connectivity index (χ0n) is 13.2. The highest BCUT2D eigenvalue weighted by Crippen LogP contribution is 2.25. The van der Waals surface area contributed by atoms with Gasteiger partial charge in [0, 0.05) is 23.1 Å². The molecule has 0 radical (unpaired) electrons. The number of nitrogens with zero attached hydrogens (tertiary/aromatic N) is 2. The van der Waals surface area contributed by atoms with Crippen LogP contribution in [0.3, 0.4) is 0 Å². The number of fused-ring (bicyclic) bond motifs is 1. The largest absolute Gasteiger partial charge is 0.619 e. The fourth-order valence-electron chi connectivity index (χ4n) is 2.38. The maximum absolute atomic E-state index is 12.0. The average Bonchev–Trinajstić information content (AvgIpc) is 2.57. The summed E-state index contributed by atoms with van der Waals surface area (Å²) >= 11 is 6.23. The lowest BCUT2D eigenvalue weighted by molar-refractivity contribution is -0.605. The first-order valence-corrected chi connectivity index (χ1v) is 7.75. The highest BCUT2D eigenvalue weighted by molar-refractivity contribution is 6.30. The highest BCUT2D eigenvalue weighted by Gasteiger charge is 2.12. The van der Waals surface area contributed by atoms with Crippen LogP contribution in [0, 0.1) is 19.1 Å². The quantitative estimate of drug-likeness (QED) is 0.316. The molecule has 3 aromatic rings. The molecule has 0 aliphatic rings. The number of hydrogen-bond acceptors (Lipinski definition) is 4. The maximum Gasteiger partial charge on any atom is 0.338 e. The van der Waals surface area contributed by atoms with Gasteiger partial charge in [-0.1, -0.05) is 23.7 Å². The van der Waals surface area contributed by atoms with Gasteiger partial charge in [-0.15, -0.1) is 0 Å². The zero-order valence-corrected chi connectivity index (χ0v) is 14.0. The number of esters is 1. The van der Waals surface area contributed by atoms with Crippen LogP contribution in [0.4, 0.5) is 0 Å². The van der Waals surface area contributed by atoms with Gasteiger partial charge in [-0.25, -0.2) is 9.78 Å². The molecule has 6 heteroatoms. The molecule has 0 saturated carbocycles. The van der Waals surface area contributed by atoms with Crippen molar-refractivity contribution in [2.24, 2.45) is 0 Å². The van der Waals surface area contributed by atoms with Crippen LogP contribution in [0.15, 0.2) is 42.7 Å². The minimum absolute atomic E-state index is 0.0137. The molecule has 0 aliphatic heterocycles. The Kier molecular flexibility index (Phi) is 4.36. The van der Waals surface area contributed by atoms with Gasteiger partial charge in [0.15, 0.2) is 12.4 Å². The Balaban J connectivity index is 1.82. The van der Waals surface area contributed by atoms with Gasteiger partial charge < -0.3 is 9.94 Å². The molecule has 0 unspecified atom stereocenters. The summed E-state index contributed by atoms with van der Waals surface area (Å²) in [5.74, 6) is -0.521. The van der Waals surface area contributed by atoms with Crippen LogP contribution in [-0.2, 0) is 11.3 Å². The van der Waals surface area contributed by atoms with E-state index in [1.165, 1.54) is 24.5 Å². The summed E-state index contributed by atoms with van der Waals surface area (Å²) in [4.78, 5) is 16.4. The summed E-state index contributed by atoms with van der Waals surface area (Å²) < 4.78 is 5.87. The zero-order chi connectivity index (χ0) is 17.3. The fourth-order valence-corrected chi connectivity index (χ4v) is 2.57. The number of pyridine rings is 2. The lowest BCUT2D eigenvalue weighted by atomic mass is 10.0. The van der Waals surface area contributed by atoms with E-state index in [4.69, 9.17) is 16.3 Å². The van der Waals surface area contributed by atoms with Crippen molar-refractivity contribution < 1.29 is 14.3 Å². The monoisotopic (exact) mass is 342 g/mol. The van der Waals surface area contributed by atoms with Crippen LogP contribution < -0.4 is 4.73 Å². The predicted molar refractivity (Wildman–Crippen MR) is 90.7 cm³/mol. The standard InChI is InChI=1S/C18H15ClN2O3/c1-11-3-4-14-9-15(17(19)20-16(14)12(11)2)10-24-18(22)13-5-7-21(23)8-6-13/h3-9H,10H2,1-2H3. The Bertz CT molecular complexity index is 924. The average molecular weight is 343 g/mol. The minimum atomic E-state index is -0.521. The molecule has 5 nitrogen and oxygen atoms in total. The second-order valence-corrected chi connectivity index (χ2v) is 5.90. The summed E-state index contributed by atoms with van der Waals surface area (Å²) in [7, 11) is 0. The van der Waals surface area contributed by atoms with Crippen molar-refractivity contribution >= 4 is 28.5 Å². The molecule has 0 aliphatic carbocycles. The Morgan fingerprint density at radius 1 is 1.25 bits per heavy atom.